The van der Waals surface area contributed by atoms with E-state index in [1.807, 2.05) is 13.8 Å². The number of fused-ring (bicyclic) bond motifs is 1. The summed E-state index contributed by atoms with van der Waals surface area (Å²) in [4.78, 5) is 52.3. The fraction of sp³-hybridized carbons (Fsp3) is 0.609. The molecule has 13 heteroatoms. The van der Waals surface area contributed by atoms with Gasteiger partial charge in [-0.2, -0.15) is 4.98 Å². The number of carbonyl (C=O) groups is 3. The minimum atomic E-state index is -0.740. The molecule has 1 N–H and O–H groups in total. The number of alkyl carbamates (subject to hydrolysis) is 1. The zero-order chi connectivity index (χ0) is 26.9. The number of ether oxygens (including phenoxy) is 4. The van der Waals surface area contributed by atoms with E-state index in [2.05, 4.69) is 10.3 Å². The summed E-state index contributed by atoms with van der Waals surface area (Å²) in [6.45, 7) is 10.8. The lowest BCUT2D eigenvalue weighted by Crippen LogP contribution is -2.36. The third-order valence-electron chi connectivity index (χ3n) is 4.47. The van der Waals surface area contributed by atoms with Crippen LogP contribution in [-0.2, 0) is 41.8 Å². The Labute approximate surface area is 213 Å². The van der Waals surface area contributed by atoms with Gasteiger partial charge in [0, 0.05) is 19.2 Å². The summed E-state index contributed by atoms with van der Waals surface area (Å²) in [5.41, 5.74) is -0.417. The van der Waals surface area contributed by atoms with Crippen LogP contribution < -0.4 is 10.9 Å². The smallest absolute Gasteiger partial charge is 0.408 e. The van der Waals surface area contributed by atoms with E-state index < -0.39 is 23.2 Å². The molecule has 0 spiro atoms. The van der Waals surface area contributed by atoms with Gasteiger partial charge in [-0.15, -0.1) is 0 Å². The standard InChI is InChI=1S/C23H34N4O8S/c1-7-17(28)34-14-36-21-25-20(30)19-16(27(21)10-11-32-15(2)3)8-9-26(19)13-33-18(29)12-24-22(31)35-23(4,5)6/h8-9,15H,7,10-14H2,1-6H3,(H,24,31). The first kappa shape index (κ1) is 29.2. The lowest BCUT2D eigenvalue weighted by molar-refractivity contribution is -0.146. The van der Waals surface area contributed by atoms with Gasteiger partial charge in [-0.1, -0.05) is 6.92 Å². The first-order chi connectivity index (χ1) is 16.9. The molecular weight excluding hydrogens is 492 g/mol. The molecule has 0 radical (unpaired) electrons. The molecule has 36 heavy (non-hydrogen) atoms. The van der Waals surface area contributed by atoms with E-state index in [-0.39, 0.29) is 43.2 Å². The highest BCUT2D eigenvalue weighted by Gasteiger charge is 2.19. The van der Waals surface area contributed by atoms with E-state index in [0.717, 1.165) is 11.8 Å². The second kappa shape index (κ2) is 13.3. The molecule has 0 unspecified atom stereocenters. The van der Waals surface area contributed by atoms with E-state index in [0.29, 0.717) is 23.8 Å². The summed E-state index contributed by atoms with van der Waals surface area (Å²) < 4.78 is 24.3. The van der Waals surface area contributed by atoms with Crippen molar-refractivity contribution in [1.29, 1.82) is 0 Å². The van der Waals surface area contributed by atoms with Gasteiger partial charge in [0.05, 0.1) is 18.2 Å². The fourth-order valence-corrected chi connectivity index (χ4v) is 3.72. The van der Waals surface area contributed by atoms with E-state index in [1.165, 1.54) is 4.57 Å². The number of hydrogen-bond donors (Lipinski definition) is 1. The highest BCUT2D eigenvalue weighted by molar-refractivity contribution is 7.99. The van der Waals surface area contributed by atoms with Crippen LogP contribution >= 0.6 is 11.8 Å². The minimum absolute atomic E-state index is 0.0125. The normalized spacial score (nSPS) is 11.5. The van der Waals surface area contributed by atoms with Gasteiger partial charge in [-0.05, 0) is 52.4 Å². The van der Waals surface area contributed by atoms with Crippen molar-refractivity contribution in [1.82, 2.24) is 19.4 Å². The number of thioether (sulfide) groups is 1. The Morgan fingerprint density at radius 1 is 1.17 bits per heavy atom. The number of nitrogens with zero attached hydrogens (tertiary/aromatic N) is 3. The van der Waals surface area contributed by atoms with Gasteiger partial charge in [0.15, 0.2) is 11.9 Å². The maximum atomic E-state index is 12.8. The van der Waals surface area contributed by atoms with Crippen LogP contribution in [0.15, 0.2) is 22.2 Å². The number of carbonyl (C=O) groups excluding carboxylic acids is 3. The molecule has 2 heterocycles. The molecule has 2 aromatic heterocycles. The maximum Gasteiger partial charge on any atom is 0.408 e. The molecule has 0 atom stereocenters. The maximum absolute atomic E-state index is 12.8. The van der Waals surface area contributed by atoms with Crippen molar-refractivity contribution in [3.8, 4) is 0 Å². The monoisotopic (exact) mass is 526 g/mol. The molecule has 0 bridgehead atoms. The lowest BCUT2D eigenvalue weighted by Gasteiger charge is -2.19. The molecule has 0 aromatic carbocycles. The van der Waals surface area contributed by atoms with Crippen LogP contribution in [0.2, 0.25) is 0 Å². The molecule has 0 saturated heterocycles. The third-order valence-corrected chi connectivity index (χ3v) is 5.27. The Morgan fingerprint density at radius 3 is 2.53 bits per heavy atom. The van der Waals surface area contributed by atoms with Gasteiger partial charge in [0.2, 0.25) is 0 Å². The molecule has 0 aliphatic carbocycles. The number of amides is 1. The Bertz CT molecular complexity index is 1120. The Hall–Kier alpha value is -3.06. The minimum Gasteiger partial charge on any atom is -0.454 e. The summed E-state index contributed by atoms with van der Waals surface area (Å²) in [6, 6.07) is 1.71. The van der Waals surface area contributed by atoms with Gasteiger partial charge in [-0.25, -0.2) is 4.79 Å². The second-order valence-corrected chi connectivity index (χ2v) is 9.81. The van der Waals surface area contributed by atoms with Crippen molar-refractivity contribution in [3.63, 3.8) is 0 Å². The van der Waals surface area contributed by atoms with Crippen molar-refractivity contribution < 1.29 is 33.3 Å². The van der Waals surface area contributed by atoms with Gasteiger partial charge in [-0.3, -0.25) is 14.4 Å². The first-order valence-corrected chi connectivity index (χ1v) is 12.5. The van der Waals surface area contributed by atoms with Crippen molar-refractivity contribution in [2.75, 3.05) is 19.1 Å². The number of esters is 2. The molecule has 0 aliphatic heterocycles. The van der Waals surface area contributed by atoms with Crippen molar-refractivity contribution in [2.24, 2.45) is 0 Å². The van der Waals surface area contributed by atoms with Crippen LogP contribution in [0.25, 0.3) is 11.0 Å². The molecular formula is C23H34N4O8S. The molecule has 0 fully saturated rings. The third kappa shape index (κ3) is 9.19. The fourth-order valence-electron chi connectivity index (χ4n) is 2.93. The summed E-state index contributed by atoms with van der Waals surface area (Å²) >= 11 is 1.13. The lowest BCUT2D eigenvalue weighted by atomic mass is 10.2. The van der Waals surface area contributed by atoms with Crippen LogP contribution in [0.3, 0.4) is 0 Å². The van der Waals surface area contributed by atoms with Crippen molar-refractivity contribution >= 4 is 40.8 Å². The van der Waals surface area contributed by atoms with Gasteiger partial charge in [0.1, 0.15) is 23.6 Å². The molecule has 12 nitrogen and oxygen atoms in total. The summed E-state index contributed by atoms with van der Waals surface area (Å²) in [5, 5.41) is 2.70. The summed E-state index contributed by atoms with van der Waals surface area (Å²) in [6.07, 6.45) is 1.13. The van der Waals surface area contributed by atoms with Crippen molar-refractivity contribution in [2.45, 2.75) is 78.1 Å². The topological polar surface area (TPSA) is 140 Å². The van der Waals surface area contributed by atoms with Gasteiger partial charge >= 0.3 is 18.0 Å². The average molecular weight is 527 g/mol. The van der Waals surface area contributed by atoms with Crippen LogP contribution in [0.4, 0.5) is 4.79 Å². The van der Waals surface area contributed by atoms with Crippen molar-refractivity contribution in [3.05, 3.63) is 22.6 Å². The largest absolute Gasteiger partial charge is 0.454 e. The SMILES string of the molecule is CCC(=O)OCSc1nc(=O)c2c(ccn2COC(=O)CNC(=O)OC(C)(C)C)n1CCOC(C)C. The number of nitrogens with one attached hydrogen (secondary N) is 1. The van der Waals surface area contributed by atoms with Crippen LogP contribution in [0, 0.1) is 0 Å². The molecule has 2 aromatic rings. The Kier molecular flexibility index (Phi) is 10.8. The molecule has 0 saturated carbocycles. The molecule has 200 valence electrons. The summed E-state index contributed by atoms with van der Waals surface area (Å²) in [7, 11) is 0. The highest BCUT2D eigenvalue weighted by atomic mass is 32.2. The molecule has 1 amide bonds. The zero-order valence-corrected chi connectivity index (χ0v) is 22.3. The van der Waals surface area contributed by atoms with Gasteiger partial charge in [0.25, 0.3) is 5.56 Å². The number of aromatic nitrogens is 3. The first-order valence-electron chi connectivity index (χ1n) is 11.5. The number of rotatable bonds is 12. The molecule has 2 rings (SSSR count). The summed E-state index contributed by atoms with van der Waals surface area (Å²) in [5.74, 6) is -1.04. The Morgan fingerprint density at radius 2 is 1.89 bits per heavy atom. The van der Waals surface area contributed by atoms with E-state index in [1.54, 1.807) is 44.5 Å². The average Bonchev–Trinajstić information content (AvgIpc) is 3.21. The zero-order valence-electron chi connectivity index (χ0n) is 21.5. The van der Waals surface area contributed by atoms with Gasteiger partial charge < -0.3 is 33.4 Å². The second-order valence-electron chi connectivity index (χ2n) is 8.92. The quantitative estimate of drug-likeness (QED) is 0.144. The van der Waals surface area contributed by atoms with E-state index in [9.17, 15) is 19.2 Å². The predicted molar refractivity (Wildman–Crippen MR) is 133 cm³/mol. The Balaban J connectivity index is 2.16. The van der Waals surface area contributed by atoms with E-state index in [4.69, 9.17) is 18.9 Å². The van der Waals surface area contributed by atoms with Crippen LogP contribution in [0.5, 0.6) is 0 Å². The predicted octanol–water partition coefficient (Wildman–Crippen LogP) is 2.65. The van der Waals surface area contributed by atoms with Crippen LogP contribution in [0.1, 0.15) is 48.0 Å². The number of hydrogen-bond acceptors (Lipinski definition) is 10. The highest BCUT2D eigenvalue weighted by Crippen LogP contribution is 2.21. The molecule has 0 aliphatic rings. The van der Waals surface area contributed by atoms with E-state index >= 15 is 0 Å². The van der Waals surface area contributed by atoms with Crippen LogP contribution in [-0.4, -0.2) is 62.9 Å².